The first-order valence-electron chi connectivity index (χ1n) is 10.0. The summed E-state index contributed by atoms with van der Waals surface area (Å²) in [7, 11) is 0. The molecule has 0 saturated carbocycles. The minimum Gasteiger partial charge on any atom is -0.489 e. The fourth-order valence-electron chi connectivity index (χ4n) is 3.70. The molecule has 30 heavy (non-hydrogen) atoms. The minimum atomic E-state index is -0.217. The van der Waals surface area contributed by atoms with E-state index in [2.05, 4.69) is 18.8 Å². The highest BCUT2D eigenvalue weighted by Gasteiger charge is 2.19. The average Bonchev–Trinajstić information content (AvgIpc) is 2.73. The summed E-state index contributed by atoms with van der Waals surface area (Å²) in [4.78, 5) is 4.65. The quantitative estimate of drug-likeness (QED) is 0.309. The van der Waals surface area contributed by atoms with Crippen LogP contribution in [0.3, 0.4) is 0 Å². The van der Waals surface area contributed by atoms with Crippen molar-refractivity contribution in [2.45, 2.75) is 33.3 Å². The second kappa shape index (κ2) is 8.45. The minimum absolute atomic E-state index is 0.170. The van der Waals surface area contributed by atoms with E-state index in [1.807, 2.05) is 54.6 Å². The monoisotopic (exact) mass is 419 g/mol. The van der Waals surface area contributed by atoms with Gasteiger partial charge in [0.2, 0.25) is 0 Å². The number of fused-ring (bicyclic) bond motifs is 1. The van der Waals surface area contributed by atoms with E-state index in [0.29, 0.717) is 17.3 Å². The lowest BCUT2D eigenvalue weighted by atomic mass is 9.90. The summed E-state index contributed by atoms with van der Waals surface area (Å²) >= 11 is 6.62. The molecule has 0 amide bonds. The van der Waals surface area contributed by atoms with Crippen LogP contribution in [-0.4, -0.2) is 4.98 Å². The maximum absolute atomic E-state index is 13.9. The van der Waals surface area contributed by atoms with E-state index >= 15 is 0 Å². The number of aryl methyl sites for hydroxylation is 1. The van der Waals surface area contributed by atoms with Crippen molar-refractivity contribution in [3.63, 3.8) is 0 Å². The highest BCUT2D eigenvalue weighted by atomic mass is 35.5. The van der Waals surface area contributed by atoms with Crippen LogP contribution in [0.15, 0.2) is 66.7 Å². The van der Waals surface area contributed by atoms with Gasteiger partial charge >= 0.3 is 0 Å². The van der Waals surface area contributed by atoms with Gasteiger partial charge in [-0.05, 0) is 59.4 Å². The summed E-state index contributed by atoms with van der Waals surface area (Å²) in [5.41, 5.74) is 5.36. The lowest BCUT2D eigenvalue weighted by Gasteiger charge is -2.18. The van der Waals surface area contributed by atoms with Gasteiger partial charge in [-0.25, -0.2) is 9.37 Å². The molecule has 1 aromatic heterocycles. The van der Waals surface area contributed by atoms with E-state index in [0.717, 1.165) is 38.9 Å². The van der Waals surface area contributed by atoms with Crippen molar-refractivity contribution < 1.29 is 9.13 Å². The van der Waals surface area contributed by atoms with Crippen molar-refractivity contribution in [1.82, 2.24) is 4.98 Å². The molecule has 0 spiro atoms. The van der Waals surface area contributed by atoms with Crippen molar-refractivity contribution in [1.29, 1.82) is 0 Å². The molecule has 2 nitrogen and oxygen atoms in total. The molecule has 0 fully saturated rings. The normalized spacial score (nSPS) is 11.3. The number of hydrogen-bond acceptors (Lipinski definition) is 2. The number of hydrogen-bond donors (Lipinski definition) is 0. The highest BCUT2D eigenvalue weighted by Crippen LogP contribution is 2.40. The zero-order chi connectivity index (χ0) is 21.3. The number of ether oxygens (including phenoxy) is 1. The standard InChI is InChI=1S/C26H23ClFNO/c1-16(2)24-25(19-9-12-22(28)17(3)13-19)21-11-10-20(14-23(21)29-26(24)27)30-15-18-7-5-4-6-8-18/h4-14,16H,15H2,1-3H3. The molecule has 0 bridgehead atoms. The maximum atomic E-state index is 13.9. The Labute approximate surface area is 181 Å². The van der Waals surface area contributed by atoms with E-state index in [4.69, 9.17) is 16.3 Å². The predicted octanol–water partition coefficient (Wildman–Crippen LogP) is 7.71. The van der Waals surface area contributed by atoms with Crippen LogP contribution in [0.1, 0.15) is 36.5 Å². The third kappa shape index (κ3) is 4.03. The second-order valence-corrected chi connectivity index (χ2v) is 8.12. The zero-order valence-corrected chi connectivity index (χ0v) is 18.0. The zero-order valence-electron chi connectivity index (χ0n) is 17.2. The smallest absolute Gasteiger partial charge is 0.133 e. The SMILES string of the molecule is Cc1cc(-c2c(C(C)C)c(Cl)nc3cc(OCc4ccccc4)ccc23)ccc1F. The van der Waals surface area contributed by atoms with Crippen molar-refractivity contribution in [2.24, 2.45) is 0 Å². The molecule has 0 radical (unpaired) electrons. The fourth-order valence-corrected chi connectivity index (χ4v) is 4.10. The van der Waals surface area contributed by atoms with Gasteiger partial charge < -0.3 is 4.74 Å². The molecular formula is C26H23ClFNO. The van der Waals surface area contributed by atoms with E-state index in [1.165, 1.54) is 6.07 Å². The van der Waals surface area contributed by atoms with Gasteiger partial charge in [0.15, 0.2) is 0 Å². The number of rotatable bonds is 5. The van der Waals surface area contributed by atoms with Crippen LogP contribution in [0.5, 0.6) is 5.75 Å². The van der Waals surface area contributed by atoms with Crippen LogP contribution in [-0.2, 0) is 6.61 Å². The number of aromatic nitrogens is 1. The lowest BCUT2D eigenvalue weighted by Crippen LogP contribution is -2.00. The number of benzene rings is 3. The Balaban J connectivity index is 1.82. The largest absolute Gasteiger partial charge is 0.489 e. The molecule has 152 valence electrons. The van der Waals surface area contributed by atoms with Crippen LogP contribution < -0.4 is 4.74 Å². The van der Waals surface area contributed by atoms with Crippen LogP contribution in [0, 0.1) is 12.7 Å². The Kier molecular flexibility index (Phi) is 5.74. The predicted molar refractivity (Wildman–Crippen MR) is 122 cm³/mol. The molecule has 4 rings (SSSR count). The van der Waals surface area contributed by atoms with E-state index in [-0.39, 0.29) is 11.7 Å². The van der Waals surface area contributed by atoms with Gasteiger partial charge in [0.05, 0.1) is 5.52 Å². The summed E-state index contributed by atoms with van der Waals surface area (Å²) in [6, 6.07) is 21.1. The van der Waals surface area contributed by atoms with Crippen molar-refractivity contribution >= 4 is 22.5 Å². The Morgan fingerprint density at radius 1 is 1.00 bits per heavy atom. The van der Waals surface area contributed by atoms with E-state index in [9.17, 15) is 4.39 Å². The molecule has 4 aromatic rings. The third-order valence-corrected chi connectivity index (χ3v) is 5.51. The van der Waals surface area contributed by atoms with Crippen LogP contribution in [0.25, 0.3) is 22.0 Å². The van der Waals surface area contributed by atoms with Gasteiger partial charge in [-0.15, -0.1) is 0 Å². The maximum Gasteiger partial charge on any atom is 0.133 e. The van der Waals surface area contributed by atoms with E-state index in [1.54, 1.807) is 13.0 Å². The van der Waals surface area contributed by atoms with Gasteiger partial charge in [-0.2, -0.15) is 0 Å². The Morgan fingerprint density at radius 2 is 1.77 bits per heavy atom. The summed E-state index contributed by atoms with van der Waals surface area (Å²) in [6.45, 7) is 6.43. The van der Waals surface area contributed by atoms with Crippen LogP contribution >= 0.6 is 11.6 Å². The average molecular weight is 420 g/mol. The molecule has 1 heterocycles. The molecular weight excluding hydrogens is 397 g/mol. The second-order valence-electron chi connectivity index (χ2n) is 7.76. The molecule has 0 unspecified atom stereocenters. The van der Waals surface area contributed by atoms with Gasteiger partial charge in [0.25, 0.3) is 0 Å². The van der Waals surface area contributed by atoms with Crippen LogP contribution in [0.4, 0.5) is 4.39 Å². The molecule has 0 saturated heterocycles. The van der Waals surface area contributed by atoms with Gasteiger partial charge in [-0.1, -0.05) is 61.8 Å². The Morgan fingerprint density at radius 3 is 2.47 bits per heavy atom. The summed E-state index contributed by atoms with van der Waals surface area (Å²) in [6.07, 6.45) is 0. The van der Waals surface area contributed by atoms with Gasteiger partial charge in [-0.3, -0.25) is 0 Å². The fraction of sp³-hybridized carbons (Fsp3) is 0.192. The van der Waals surface area contributed by atoms with Crippen molar-refractivity contribution in [3.05, 3.63) is 94.4 Å². The molecule has 4 heteroatoms. The molecule has 3 aromatic carbocycles. The number of nitrogens with zero attached hydrogens (tertiary/aromatic N) is 1. The van der Waals surface area contributed by atoms with Gasteiger partial charge in [0, 0.05) is 17.0 Å². The third-order valence-electron chi connectivity index (χ3n) is 5.22. The molecule has 0 aliphatic carbocycles. The van der Waals surface area contributed by atoms with Gasteiger partial charge in [0.1, 0.15) is 23.3 Å². The van der Waals surface area contributed by atoms with Crippen LogP contribution in [0.2, 0.25) is 5.15 Å². The first-order chi connectivity index (χ1) is 14.4. The molecule has 0 aliphatic heterocycles. The van der Waals surface area contributed by atoms with Crippen molar-refractivity contribution in [3.8, 4) is 16.9 Å². The Bertz CT molecular complexity index is 1200. The van der Waals surface area contributed by atoms with E-state index < -0.39 is 0 Å². The topological polar surface area (TPSA) is 22.1 Å². The molecule has 0 atom stereocenters. The number of pyridine rings is 1. The lowest BCUT2D eigenvalue weighted by molar-refractivity contribution is 0.306. The van der Waals surface area contributed by atoms with Crippen molar-refractivity contribution in [2.75, 3.05) is 0 Å². The molecule has 0 aliphatic rings. The first kappa shape index (κ1) is 20.4. The summed E-state index contributed by atoms with van der Waals surface area (Å²) < 4.78 is 19.9. The Hall–Kier alpha value is -2.91. The first-order valence-corrected chi connectivity index (χ1v) is 10.4. The molecule has 0 N–H and O–H groups in total. The highest BCUT2D eigenvalue weighted by molar-refractivity contribution is 6.31. The summed E-state index contributed by atoms with van der Waals surface area (Å²) in [5, 5.41) is 1.44. The summed E-state index contributed by atoms with van der Waals surface area (Å²) in [5.74, 6) is 0.683. The number of halogens is 2.